The Morgan fingerprint density at radius 3 is 1.08 bits per heavy atom. The second kappa shape index (κ2) is 6.40. The zero-order valence-corrected chi connectivity index (χ0v) is 16.6. The SMILES string of the molecule is Clc1ccc(-c2c3ccccc3c(-c3ccc(Cl)s3)c3ccccc23)s1. The molecule has 126 valence electrons. The average Bonchev–Trinajstić information content (AvgIpc) is 3.27. The summed E-state index contributed by atoms with van der Waals surface area (Å²) in [6, 6.07) is 25.4. The number of benzene rings is 3. The Balaban J connectivity index is 2.01. The van der Waals surface area contributed by atoms with Crippen molar-refractivity contribution >= 4 is 67.4 Å². The van der Waals surface area contributed by atoms with Gasteiger partial charge < -0.3 is 0 Å². The first-order valence-corrected chi connectivity index (χ1v) is 10.6. The maximum Gasteiger partial charge on any atom is 0.0934 e. The summed E-state index contributed by atoms with van der Waals surface area (Å²) in [6.07, 6.45) is 0. The molecule has 2 heterocycles. The first-order chi connectivity index (χ1) is 12.7. The summed E-state index contributed by atoms with van der Waals surface area (Å²) in [4.78, 5) is 2.39. The molecular formula is C22H12Cl2S2. The molecule has 0 aliphatic carbocycles. The molecule has 0 spiro atoms. The lowest BCUT2D eigenvalue weighted by Crippen LogP contribution is -1.87. The van der Waals surface area contributed by atoms with E-state index in [0.717, 1.165) is 8.67 Å². The molecule has 0 nitrogen and oxygen atoms in total. The highest BCUT2D eigenvalue weighted by molar-refractivity contribution is 7.20. The van der Waals surface area contributed by atoms with E-state index in [1.165, 1.54) is 42.4 Å². The van der Waals surface area contributed by atoms with E-state index in [9.17, 15) is 0 Å². The molecule has 0 aliphatic rings. The van der Waals surface area contributed by atoms with Crippen LogP contribution in [0, 0.1) is 0 Å². The third-order valence-electron chi connectivity index (χ3n) is 4.57. The summed E-state index contributed by atoms with van der Waals surface area (Å²) in [7, 11) is 0. The van der Waals surface area contributed by atoms with E-state index in [-0.39, 0.29) is 0 Å². The van der Waals surface area contributed by atoms with Gasteiger partial charge in [-0.15, -0.1) is 22.7 Å². The van der Waals surface area contributed by atoms with Gasteiger partial charge >= 0.3 is 0 Å². The summed E-state index contributed by atoms with van der Waals surface area (Å²) in [5, 5.41) is 4.96. The molecule has 0 saturated carbocycles. The third-order valence-corrected chi connectivity index (χ3v) is 7.07. The van der Waals surface area contributed by atoms with Crippen molar-refractivity contribution < 1.29 is 0 Å². The average molecular weight is 411 g/mol. The van der Waals surface area contributed by atoms with Crippen molar-refractivity contribution in [1.29, 1.82) is 0 Å². The summed E-state index contributed by atoms with van der Waals surface area (Å²) < 4.78 is 1.62. The quantitative estimate of drug-likeness (QED) is 0.255. The number of halogens is 2. The van der Waals surface area contributed by atoms with Gasteiger partial charge in [-0.2, -0.15) is 0 Å². The lowest BCUT2D eigenvalue weighted by molar-refractivity contribution is 1.75. The zero-order valence-electron chi connectivity index (χ0n) is 13.5. The summed E-state index contributed by atoms with van der Waals surface area (Å²) in [6.45, 7) is 0. The Hall–Kier alpha value is -1.84. The highest BCUT2D eigenvalue weighted by Gasteiger charge is 2.18. The molecular weight excluding hydrogens is 399 g/mol. The highest BCUT2D eigenvalue weighted by Crippen LogP contribution is 2.47. The van der Waals surface area contributed by atoms with E-state index in [0.29, 0.717) is 0 Å². The molecule has 0 bridgehead atoms. The Bertz CT molecular complexity index is 1110. The normalized spacial score (nSPS) is 11.5. The molecule has 4 heteroatoms. The smallest absolute Gasteiger partial charge is 0.0934 e. The molecule has 0 saturated heterocycles. The second-order valence-corrected chi connectivity index (χ2v) is 9.48. The Morgan fingerprint density at radius 1 is 0.462 bits per heavy atom. The minimum Gasteiger partial charge on any atom is -0.123 e. The van der Waals surface area contributed by atoms with E-state index in [2.05, 4.69) is 60.7 Å². The molecule has 0 aliphatic heterocycles. The van der Waals surface area contributed by atoms with Gasteiger partial charge in [-0.1, -0.05) is 71.7 Å². The van der Waals surface area contributed by atoms with Gasteiger partial charge in [-0.25, -0.2) is 0 Å². The number of hydrogen-bond acceptors (Lipinski definition) is 2. The van der Waals surface area contributed by atoms with E-state index in [1.807, 2.05) is 12.1 Å². The lowest BCUT2D eigenvalue weighted by Gasteiger charge is -2.15. The molecule has 26 heavy (non-hydrogen) atoms. The Morgan fingerprint density at radius 2 is 0.808 bits per heavy atom. The van der Waals surface area contributed by atoms with Crippen LogP contribution in [0.15, 0.2) is 72.8 Å². The number of rotatable bonds is 2. The predicted octanol–water partition coefficient (Wildman–Crippen LogP) is 8.76. The molecule has 2 aromatic heterocycles. The van der Waals surface area contributed by atoms with Crippen molar-refractivity contribution in [2.75, 3.05) is 0 Å². The van der Waals surface area contributed by atoms with Crippen molar-refractivity contribution in [3.63, 3.8) is 0 Å². The van der Waals surface area contributed by atoms with Crippen LogP contribution in [0.25, 0.3) is 42.4 Å². The van der Waals surface area contributed by atoms with E-state index >= 15 is 0 Å². The van der Waals surface area contributed by atoms with Gasteiger partial charge in [0, 0.05) is 20.9 Å². The molecule has 5 aromatic rings. The van der Waals surface area contributed by atoms with Gasteiger partial charge in [0.15, 0.2) is 0 Å². The molecule has 5 rings (SSSR count). The van der Waals surface area contributed by atoms with E-state index in [1.54, 1.807) is 22.7 Å². The molecule has 0 N–H and O–H groups in total. The molecule has 0 unspecified atom stereocenters. The molecule has 0 fully saturated rings. The van der Waals surface area contributed by atoms with Crippen LogP contribution in [0.3, 0.4) is 0 Å². The molecule has 0 atom stereocenters. The fourth-order valence-electron chi connectivity index (χ4n) is 3.56. The minimum atomic E-state index is 0.808. The van der Waals surface area contributed by atoms with Crippen molar-refractivity contribution in [1.82, 2.24) is 0 Å². The number of thiophene rings is 2. The van der Waals surface area contributed by atoms with Crippen LogP contribution in [0.2, 0.25) is 8.67 Å². The molecule has 0 amide bonds. The van der Waals surface area contributed by atoms with Crippen LogP contribution in [0.5, 0.6) is 0 Å². The van der Waals surface area contributed by atoms with Crippen LogP contribution in [0.4, 0.5) is 0 Å². The third kappa shape index (κ3) is 2.57. The van der Waals surface area contributed by atoms with Gasteiger partial charge in [0.2, 0.25) is 0 Å². The largest absolute Gasteiger partial charge is 0.123 e. The Kier molecular flexibility index (Phi) is 4.02. The van der Waals surface area contributed by atoms with Gasteiger partial charge in [-0.3, -0.25) is 0 Å². The summed E-state index contributed by atoms with van der Waals surface area (Å²) >= 11 is 15.7. The fourth-order valence-corrected chi connectivity index (χ4v) is 5.79. The lowest BCUT2D eigenvalue weighted by atomic mass is 9.90. The predicted molar refractivity (Wildman–Crippen MR) is 118 cm³/mol. The van der Waals surface area contributed by atoms with Crippen molar-refractivity contribution in [3.05, 3.63) is 81.5 Å². The summed E-state index contributed by atoms with van der Waals surface area (Å²) in [5.41, 5.74) is 2.50. The Labute approximate surface area is 169 Å². The van der Waals surface area contributed by atoms with Gasteiger partial charge in [0.1, 0.15) is 0 Å². The first kappa shape index (κ1) is 16.3. The van der Waals surface area contributed by atoms with Crippen LogP contribution in [-0.4, -0.2) is 0 Å². The van der Waals surface area contributed by atoms with Gasteiger partial charge in [0.05, 0.1) is 8.67 Å². The maximum absolute atomic E-state index is 6.25. The van der Waals surface area contributed by atoms with E-state index < -0.39 is 0 Å². The van der Waals surface area contributed by atoms with Crippen LogP contribution >= 0.6 is 45.9 Å². The fraction of sp³-hybridized carbons (Fsp3) is 0. The van der Waals surface area contributed by atoms with E-state index in [4.69, 9.17) is 23.2 Å². The topological polar surface area (TPSA) is 0 Å². The van der Waals surface area contributed by atoms with Crippen molar-refractivity contribution in [2.24, 2.45) is 0 Å². The van der Waals surface area contributed by atoms with Crippen LogP contribution in [0.1, 0.15) is 0 Å². The van der Waals surface area contributed by atoms with Gasteiger partial charge in [0.25, 0.3) is 0 Å². The van der Waals surface area contributed by atoms with Crippen molar-refractivity contribution in [2.45, 2.75) is 0 Å². The number of fused-ring (bicyclic) bond motifs is 2. The van der Waals surface area contributed by atoms with Crippen molar-refractivity contribution in [3.8, 4) is 20.9 Å². The standard InChI is InChI=1S/C22H12Cl2S2/c23-19-11-9-17(25-19)21-13-5-1-2-6-14(13)22(18-10-12-20(24)26-18)16-8-4-3-7-15(16)21/h1-12H. The monoisotopic (exact) mass is 410 g/mol. The second-order valence-electron chi connectivity index (χ2n) is 6.05. The van der Waals surface area contributed by atoms with Gasteiger partial charge in [-0.05, 0) is 45.8 Å². The molecule has 0 radical (unpaired) electrons. The number of hydrogen-bond donors (Lipinski definition) is 0. The molecule has 3 aromatic carbocycles. The highest BCUT2D eigenvalue weighted by atomic mass is 35.5. The van der Waals surface area contributed by atoms with Crippen LogP contribution in [-0.2, 0) is 0 Å². The summed E-state index contributed by atoms with van der Waals surface area (Å²) in [5.74, 6) is 0. The van der Waals surface area contributed by atoms with Crippen LogP contribution < -0.4 is 0 Å². The maximum atomic E-state index is 6.25. The first-order valence-electron chi connectivity index (χ1n) is 8.17. The minimum absolute atomic E-state index is 0.808. The zero-order chi connectivity index (χ0) is 17.7.